The summed E-state index contributed by atoms with van der Waals surface area (Å²) in [7, 11) is 0. The number of amides is 15. The zero-order valence-electron chi connectivity index (χ0n) is 67.3. The van der Waals surface area contributed by atoms with Crippen LogP contribution in [-0.4, -0.2) is 263 Å². The van der Waals surface area contributed by atoms with Gasteiger partial charge >= 0.3 is 17.9 Å². The number of primary amides is 2. The van der Waals surface area contributed by atoms with Crippen LogP contribution in [0.4, 0.5) is 0 Å². The minimum atomic E-state index is -2.09. The summed E-state index contributed by atoms with van der Waals surface area (Å²) in [5.41, 5.74) is 28.2. The average molecular weight is 1670 g/mol. The SMILES string of the molecule is CC(C)C[C@H](NC(=O)[C@H](CC(N)=O)NC(=O)[C@H](CCCNC(=N)N)NC(=O)[C@@H](NC(=O)[C@H](CC(N)=O)NC(=O)[C@H](C)NC(=O)[C@H](CC(=O)O)NC(=O)[C@H](Cc1cnc[nH]1)NC(=O)[C@H](CC(C)C)NC(=O)[C@H](CC(=O)O)NC(=O)[C@H](CC(C)C)NC(=O)[C@@H](NC(=O)[C@@H](N)CCCNC(=N)N)[C@@H](C)O)C(C)C)C(=O)N[C@@H](Cc1cnc[nH]1)C(=O)O. The summed E-state index contributed by atoms with van der Waals surface area (Å²) < 4.78 is 0. The smallest absolute Gasteiger partial charge is 0.326 e. The summed E-state index contributed by atoms with van der Waals surface area (Å²) in [6.45, 7) is 15.1. The number of nitrogens with one attached hydrogen (secondary N) is 19. The molecular weight excluding hydrogens is 1560 g/mol. The molecule has 0 spiro atoms. The summed E-state index contributed by atoms with van der Waals surface area (Å²) in [5, 5.41) is 90.9. The number of carbonyl (C=O) groups is 18. The van der Waals surface area contributed by atoms with E-state index in [1.165, 1.54) is 45.8 Å². The molecule has 33 N–H and O–H groups in total. The first-order chi connectivity index (χ1) is 55.1. The van der Waals surface area contributed by atoms with Gasteiger partial charge in [0.25, 0.3) is 0 Å². The maximum absolute atomic E-state index is 14.5. The second-order valence-corrected chi connectivity index (χ2v) is 29.7. The van der Waals surface area contributed by atoms with Crippen molar-refractivity contribution in [2.24, 2.45) is 52.3 Å². The Morgan fingerprint density at radius 1 is 0.381 bits per heavy atom. The molecule has 48 nitrogen and oxygen atoms in total. The Morgan fingerprint density at radius 3 is 1.07 bits per heavy atom. The molecular formula is C70H116N26O22. The number of hydrogen-bond donors (Lipinski definition) is 28. The lowest BCUT2D eigenvalue weighted by atomic mass is 10.00. The van der Waals surface area contributed by atoms with Crippen LogP contribution in [0.2, 0.25) is 0 Å². The number of carboxylic acid groups (broad SMARTS) is 3. The Morgan fingerprint density at radius 2 is 0.695 bits per heavy atom. The molecule has 0 bridgehead atoms. The molecule has 0 radical (unpaired) electrons. The van der Waals surface area contributed by atoms with Gasteiger partial charge in [-0.3, -0.25) is 92.3 Å². The standard InChI is InChI=1S/C70H116N26O22/c1-30(2)17-40(88-64(113)47(25-52(102)103)92-60(109)42(19-32(5)6)93-67(116)54(35(10)97)96-56(105)38(71)13-11-15-80-69(74)75)59(108)89-43(20-36-26-78-28-82-36)62(111)91-46(24-51(100)101)58(107)84-34(9)55(104)86-45(23-50(73)99)65(114)95-53(33(7)8)66(115)85-39(14-12-16-81-70(76)77)57(106)90-44(22-49(72)98)63(112)87-41(18-31(3)4)61(110)94-48(68(117)118)21-37-27-79-29-83-37/h26-35,38-48,53-54,97H,11-25,71H2,1-10H3,(H2,72,98)(H2,73,99)(H,78,82)(H,79,83)(H,84,107)(H,85,115)(H,86,104)(H,87,112)(H,88,113)(H,89,108)(H,90,106)(H,91,111)(H,92,109)(H,93,116)(H,94,110)(H,95,114)(H,96,105)(H,100,101)(H,102,103)(H,117,118)(H4,74,75,80)(H4,76,77,81)/t34-,35+,38-,39-,40-,41-,42-,43-,44-,45-,46-,47-,48-,53-,54-/m0/s1. The van der Waals surface area contributed by atoms with E-state index >= 15 is 0 Å². The lowest BCUT2D eigenvalue weighted by Gasteiger charge is -2.29. The Kier molecular flexibility index (Phi) is 43.5. The van der Waals surface area contributed by atoms with Crippen molar-refractivity contribution in [2.45, 2.75) is 243 Å². The third-order valence-corrected chi connectivity index (χ3v) is 17.3. The van der Waals surface area contributed by atoms with Crippen LogP contribution in [0.25, 0.3) is 0 Å². The zero-order chi connectivity index (χ0) is 89.5. The van der Waals surface area contributed by atoms with Crippen molar-refractivity contribution in [3.8, 4) is 0 Å². The fourth-order valence-electron chi connectivity index (χ4n) is 11.4. The van der Waals surface area contributed by atoms with Gasteiger partial charge in [-0.15, -0.1) is 0 Å². The van der Waals surface area contributed by atoms with E-state index in [0.29, 0.717) is 5.69 Å². The minimum Gasteiger partial charge on any atom is -0.481 e. The summed E-state index contributed by atoms with van der Waals surface area (Å²) in [6, 6.07) is -23.8. The van der Waals surface area contributed by atoms with E-state index in [9.17, 15) is 107 Å². The van der Waals surface area contributed by atoms with Crippen molar-refractivity contribution < 1.29 is 107 Å². The Labute approximate surface area is 678 Å². The highest BCUT2D eigenvalue weighted by Gasteiger charge is 2.40. The van der Waals surface area contributed by atoms with E-state index < -0.39 is 247 Å². The number of H-pyrrole nitrogens is 2. The molecule has 2 aromatic rings. The predicted octanol–water partition coefficient (Wildman–Crippen LogP) is -8.95. The first-order valence-corrected chi connectivity index (χ1v) is 37.8. The topological polar surface area (TPSA) is 804 Å². The second kappa shape index (κ2) is 50.6. The maximum Gasteiger partial charge on any atom is 0.326 e. The number of aliphatic hydroxyl groups excluding tert-OH is 1. The van der Waals surface area contributed by atoms with E-state index in [0.717, 1.165) is 6.92 Å². The van der Waals surface area contributed by atoms with E-state index in [2.05, 4.69) is 99.7 Å². The summed E-state index contributed by atoms with van der Waals surface area (Å²) in [6.07, 6.45) is -1.89. The molecule has 0 saturated heterocycles. The monoisotopic (exact) mass is 1670 g/mol. The highest BCUT2D eigenvalue weighted by molar-refractivity contribution is 6.02. The molecule has 0 aliphatic heterocycles. The van der Waals surface area contributed by atoms with Crippen LogP contribution >= 0.6 is 0 Å². The quantitative estimate of drug-likeness (QED) is 0.0166. The van der Waals surface area contributed by atoms with Crippen LogP contribution in [0.15, 0.2) is 25.0 Å². The van der Waals surface area contributed by atoms with Crippen LogP contribution in [0.3, 0.4) is 0 Å². The molecule has 0 unspecified atom stereocenters. The van der Waals surface area contributed by atoms with Gasteiger partial charge in [-0.25, -0.2) is 14.8 Å². The van der Waals surface area contributed by atoms with E-state index in [4.69, 9.17) is 39.5 Å². The molecule has 0 fully saturated rings. The largest absolute Gasteiger partial charge is 0.481 e. The Balaban J connectivity index is 2.45. The lowest BCUT2D eigenvalue weighted by Crippen LogP contribution is -2.62. The third kappa shape index (κ3) is 38.7. The van der Waals surface area contributed by atoms with Crippen molar-refractivity contribution >= 4 is 118 Å². The van der Waals surface area contributed by atoms with Gasteiger partial charge in [0.05, 0.1) is 50.5 Å². The number of guanidine groups is 2. The number of hydrogen-bond acceptors (Lipinski definition) is 24. The number of nitrogens with two attached hydrogens (primary N) is 5. The molecule has 0 aliphatic carbocycles. The molecule has 2 aromatic heterocycles. The number of carboxylic acids is 3. The molecule has 15 amide bonds. The van der Waals surface area contributed by atoms with Gasteiger partial charge in [0, 0.05) is 49.7 Å². The van der Waals surface area contributed by atoms with Crippen LogP contribution in [0.1, 0.15) is 151 Å². The minimum absolute atomic E-state index is 0.0353. The third-order valence-electron chi connectivity index (χ3n) is 17.3. The summed E-state index contributed by atoms with van der Waals surface area (Å²) in [5.74, 6) is -24.9. The fraction of sp³-hybridized carbons (Fsp3) is 0.629. The normalized spacial score (nSPS) is 15.0. The molecule has 2 rings (SSSR count). The highest BCUT2D eigenvalue weighted by atomic mass is 16.4. The van der Waals surface area contributed by atoms with Crippen molar-refractivity contribution in [3.05, 3.63) is 36.4 Å². The van der Waals surface area contributed by atoms with Gasteiger partial charge in [0.2, 0.25) is 88.6 Å². The maximum atomic E-state index is 14.5. The first-order valence-electron chi connectivity index (χ1n) is 37.8. The first kappa shape index (κ1) is 101. The number of carbonyl (C=O) groups excluding carboxylic acids is 15. The molecule has 15 atom stereocenters. The van der Waals surface area contributed by atoms with Crippen molar-refractivity contribution in [1.29, 1.82) is 10.8 Å². The van der Waals surface area contributed by atoms with Crippen LogP contribution in [-0.2, 0) is 99.1 Å². The predicted molar refractivity (Wildman–Crippen MR) is 416 cm³/mol. The van der Waals surface area contributed by atoms with Gasteiger partial charge in [-0.2, -0.15) is 0 Å². The number of aromatic amines is 2. The number of imidazole rings is 2. The second-order valence-electron chi connectivity index (χ2n) is 29.7. The lowest BCUT2D eigenvalue weighted by molar-refractivity contribution is -0.142. The number of nitrogens with zero attached hydrogens (tertiary/aromatic N) is 2. The average Bonchev–Trinajstić information content (AvgIpc) is 1.04. The van der Waals surface area contributed by atoms with E-state index in [-0.39, 0.29) is 87.9 Å². The summed E-state index contributed by atoms with van der Waals surface area (Å²) in [4.78, 5) is 257. The summed E-state index contributed by atoms with van der Waals surface area (Å²) >= 11 is 0. The van der Waals surface area contributed by atoms with E-state index in [1.54, 1.807) is 41.5 Å². The molecule has 0 saturated carbocycles. The Hall–Kier alpha value is -12.7. The van der Waals surface area contributed by atoms with Gasteiger partial charge < -0.3 is 139 Å². The fourth-order valence-corrected chi connectivity index (χ4v) is 11.4. The van der Waals surface area contributed by atoms with Crippen molar-refractivity contribution in [1.82, 2.24) is 99.7 Å². The number of aliphatic hydroxyl groups is 1. The van der Waals surface area contributed by atoms with Crippen LogP contribution in [0.5, 0.6) is 0 Å². The number of aromatic nitrogens is 4. The van der Waals surface area contributed by atoms with Crippen molar-refractivity contribution in [3.63, 3.8) is 0 Å². The van der Waals surface area contributed by atoms with Crippen molar-refractivity contribution in [2.75, 3.05) is 13.1 Å². The van der Waals surface area contributed by atoms with Crippen LogP contribution < -0.4 is 108 Å². The van der Waals surface area contributed by atoms with Gasteiger partial charge in [0.15, 0.2) is 11.9 Å². The molecule has 0 aliphatic rings. The number of aliphatic carboxylic acids is 3. The van der Waals surface area contributed by atoms with Gasteiger partial charge in [0.1, 0.15) is 78.5 Å². The molecule has 2 heterocycles. The molecule has 118 heavy (non-hydrogen) atoms. The van der Waals surface area contributed by atoms with Crippen LogP contribution in [0, 0.1) is 34.5 Å². The molecule has 48 heteroatoms. The molecule has 0 aromatic carbocycles. The van der Waals surface area contributed by atoms with Gasteiger partial charge in [-0.1, -0.05) is 55.4 Å². The zero-order valence-corrected chi connectivity index (χ0v) is 67.3. The molecule has 658 valence electrons. The van der Waals surface area contributed by atoms with E-state index in [1.807, 2.05) is 0 Å². The number of rotatable bonds is 55. The van der Waals surface area contributed by atoms with Gasteiger partial charge in [-0.05, 0) is 82.5 Å². The Bertz CT molecular complexity index is 3800. The highest BCUT2D eigenvalue weighted by Crippen LogP contribution is 2.15.